The third-order valence-corrected chi connectivity index (χ3v) is 4.05. The van der Waals surface area contributed by atoms with E-state index in [9.17, 15) is 0 Å². The van der Waals surface area contributed by atoms with Crippen molar-refractivity contribution < 1.29 is 0 Å². The number of thiazole rings is 1. The van der Waals surface area contributed by atoms with Crippen molar-refractivity contribution in [3.05, 3.63) is 28.2 Å². The molecule has 76 valence electrons. The van der Waals surface area contributed by atoms with Gasteiger partial charge in [-0.2, -0.15) is 5.26 Å². The summed E-state index contributed by atoms with van der Waals surface area (Å²) in [7, 11) is 0. The molecule has 2 aromatic rings. The molecular formula is C10H9N3S2. The highest BCUT2D eigenvalue weighted by atomic mass is 32.1. The van der Waals surface area contributed by atoms with Gasteiger partial charge in [0.05, 0.1) is 9.88 Å². The molecule has 0 radical (unpaired) electrons. The maximum absolute atomic E-state index is 8.97. The SMILES string of the molecule is N#Cc1nc(CCN)sc1-c1cccs1. The number of nitrogens with zero attached hydrogens (tertiary/aromatic N) is 2. The molecule has 3 nitrogen and oxygen atoms in total. The molecule has 0 saturated carbocycles. The molecule has 0 aromatic carbocycles. The molecule has 15 heavy (non-hydrogen) atoms. The first-order valence-electron chi connectivity index (χ1n) is 4.49. The van der Waals surface area contributed by atoms with Gasteiger partial charge in [-0.15, -0.1) is 22.7 Å². The van der Waals surface area contributed by atoms with E-state index >= 15 is 0 Å². The summed E-state index contributed by atoms with van der Waals surface area (Å²) in [5.74, 6) is 0. The average molecular weight is 235 g/mol. The predicted molar refractivity (Wildman–Crippen MR) is 62.9 cm³/mol. The smallest absolute Gasteiger partial charge is 0.160 e. The van der Waals surface area contributed by atoms with Gasteiger partial charge in [0.25, 0.3) is 0 Å². The van der Waals surface area contributed by atoms with Gasteiger partial charge in [-0.3, -0.25) is 0 Å². The van der Waals surface area contributed by atoms with Crippen LogP contribution in [-0.4, -0.2) is 11.5 Å². The Morgan fingerprint density at radius 2 is 2.40 bits per heavy atom. The summed E-state index contributed by atoms with van der Waals surface area (Å²) in [5.41, 5.74) is 5.99. The lowest BCUT2D eigenvalue weighted by Crippen LogP contribution is -2.01. The second-order valence-electron chi connectivity index (χ2n) is 2.91. The molecule has 0 aliphatic rings. The fraction of sp³-hybridized carbons (Fsp3) is 0.200. The van der Waals surface area contributed by atoms with E-state index in [-0.39, 0.29) is 0 Å². The molecule has 2 aromatic heterocycles. The lowest BCUT2D eigenvalue weighted by Gasteiger charge is -1.88. The monoisotopic (exact) mass is 235 g/mol. The molecule has 0 saturated heterocycles. The van der Waals surface area contributed by atoms with E-state index < -0.39 is 0 Å². The van der Waals surface area contributed by atoms with Crippen molar-refractivity contribution in [1.82, 2.24) is 4.98 Å². The van der Waals surface area contributed by atoms with E-state index in [4.69, 9.17) is 11.0 Å². The minimum Gasteiger partial charge on any atom is -0.330 e. The topological polar surface area (TPSA) is 62.7 Å². The van der Waals surface area contributed by atoms with Crippen LogP contribution in [0.4, 0.5) is 0 Å². The fourth-order valence-corrected chi connectivity index (χ4v) is 3.13. The first-order chi connectivity index (χ1) is 7.35. The van der Waals surface area contributed by atoms with Gasteiger partial charge < -0.3 is 5.73 Å². The van der Waals surface area contributed by atoms with Crippen LogP contribution in [0.1, 0.15) is 10.7 Å². The number of rotatable bonds is 3. The third-order valence-electron chi connectivity index (χ3n) is 1.88. The molecule has 0 amide bonds. The molecule has 2 heterocycles. The van der Waals surface area contributed by atoms with Crippen molar-refractivity contribution in [2.24, 2.45) is 5.73 Å². The van der Waals surface area contributed by atoms with Crippen LogP contribution >= 0.6 is 22.7 Å². The molecule has 0 aliphatic carbocycles. The fourth-order valence-electron chi connectivity index (χ4n) is 1.25. The summed E-state index contributed by atoms with van der Waals surface area (Å²) < 4.78 is 0. The van der Waals surface area contributed by atoms with E-state index in [1.807, 2.05) is 17.5 Å². The van der Waals surface area contributed by atoms with Gasteiger partial charge in [-0.25, -0.2) is 4.98 Å². The predicted octanol–water partition coefficient (Wildman–Crippen LogP) is 2.24. The second kappa shape index (κ2) is 4.53. The van der Waals surface area contributed by atoms with Crippen LogP contribution in [0.15, 0.2) is 17.5 Å². The molecule has 0 fully saturated rings. The quantitative estimate of drug-likeness (QED) is 0.887. The molecule has 0 aliphatic heterocycles. The van der Waals surface area contributed by atoms with Gasteiger partial charge in [0.2, 0.25) is 0 Å². The summed E-state index contributed by atoms with van der Waals surface area (Å²) in [6, 6.07) is 6.11. The normalized spacial score (nSPS) is 10.1. The highest BCUT2D eigenvalue weighted by Crippen LogP contribution is 2.33. The molecule has 5 heteroatoms. The van der Waals surface area contributed by atoms with E-state index in [1.54, 1.807) is 22.7 Å². The van der Waals surface area contributed by atoms with Crippen LogP contribution in [0.3, 0.4) is 0 Å². The summed E-state index contributed by atoms with van der Waals surface area (Å²) in [6.07, 6.45) is 0.741. The van der Waals surface area contributed by atoms with Gasteiger partial charge in [-0.1, -0.05) is 6.07 Å². The van der Waals surface area contributed by atoms with Gasteiger partial charge in [0.15, 0.2) is 5.69 Å². The van der Waals surface area contributed by atoms with Crippen LogP contribution < -0.4 is 5.73 Å². The summed E-state index contributed by atoms with van der Waals surface area (Å²) in [5, 5.41) is 11.9. The first kappa shape index (κ1) is 10.3. The van der Waals surface area contributed by atoms with Gasteiger partial charge in [0, 0.05) is 11.3 Å². The van der Waals surface area contributed by atoms with Crippen molar-refractivity contribution in [3.63, 3.8) is 0 Å². The van der Waals surface area contributed by atoms with Crippen LogP contribution in [0.5, 0.6) is 0 Å². The number of hydrogen-bond acceptors (Lipinski definition) is 5. The number of nitriles is 1. The van der Waals surface area contributed by atoms with E-state index in [0.717, 1.165) is 21.2 Å². The lowest BCUT2D eigenvalue weighted by atomic mass is 10.3. The van der Waals surface area contributed by atoms with Crippen molar-refractivity contribution in [2.45, 2.75) is 6.42 Å². The zero-order valence-electron chi connectivity index (χ0n) is 7.93. The number of thiophene rings is 1. The second-order valence-corrected chi connectivity index (χ2v) is 4.94. The summed E-state index contributed by atoms with van der Waals surface area (Å²) >= 11 is 3.19. The number of aromatic nitrogens is 1. The third kappa shape index (κ3) is 2.07. The molecule has 0 atom stereocenters. The van der Waals surface area contributed by atoms with Crippen molar-refractivity contribution in [2.75, 3.05) is 6.54 Å². The number of nitrogens with two attached hydrogens (primary N) is 1. The van der Waals surface area contributed by atoms with E-state index in [1.165, 1.54) is 0 Å². The van der Waals surface area contributed by atoms with Gasteiger partial charge in [-0.05, 0) is 18.0 Å². The van der Waals surface area contributed by atoms with Gasteiger partial charge >= 0.3 is 0 Å². The minimum atomic E-state index is 0.519. The molecular weight excluding hydrogens is 226 g/mol. The minimum absolute atomic E-state index is 0.519. The summed E-state index contributed by atoms with van der Waals surface area (Å²) in [6.45, 7) is 0.572. The van der Waals surface area contributed by atoms with Crippen molar-refractivity contribution >= 4 is 22.7 Å². The van der Waals surface area contributed by atoms with Crippen molar-refractivity contribution in [1.29, 1.82) is 5.26 Å². The van der Waals surface area contributed by atoms with E-state index in [2.05, 4.69) is 11.1 Å². The Labute approximate surface area is 95.8 Å². The Balaban J connectivity index is 2.43. The molecule has 0 spiro atoms. The molecule has 0 bridgehead atoms. The Bertz CT molecular complexity index is 479. The largest absolute Gasteiger partial charge is 0.330 e. The van der Waals surface area contributed by atoms with Gasteiger partial charge in [0.1, 0.15) is 6.07 Å². The Kier molecular flexibility index (Phi) is 3.11. The van der Waals surface area contributed by atoms with Crippen molar-refractivity contribution in [3.8, 4) is 15.8 Å². The zero-order chi connectivity index (χ0) is 10.7. The van der Waals surface area contributed by atoms with Crippen LogP contribution in [0, 0.1) is 11.3 Å². The Hall–Kier alpha value is -1.22. The standard InChI is InChI=1S/C10H9N3S2/c11-4-3-9-13-7(6-12)10(15-9)8-2-1-5-14-8/h1-2,5H,3-4,11H2. The molecule has 2 rings (SSSR count). The lowest BCUT2D eigenvalue weighted by molar-refractivity contribution is 0.950. The highest BCUT2D eigenvalue weighted by Gasteiger charge is 2.12. The number of hydrogen-bond donors (Lipinski definition) is 1. The average Bonchev–Trinajstić information content (AvgIpc) is 2.84. The highest BCUT2D eigenvalue weighted by molar-refractivity contribution is 7.21. The summed E-state index contributed by atoms with van der Waals surface area (Å²) in [4.78, 5) is 6.33. The molecule has 0 unspecified atom stereocenters. The molecule has 2 N–H and O–H groups in total. The Morgan fingerprint density at radius 1 is 1.53 bits per heavy atom. The maximum Gasteiger partial charge on any atom is 0.160 e. The van der Waals surface area contributed by atoms with E-state index in [0.29, 0.717) is 12.2 Å². The first-order valence-corrected chi connectivity index (χ1v) is 6.18. The van der Waals surface area contributed by atoms with Crippen LogP contribution in [0.25, 0.3) is 9.75 Å². The van der Waals surface area contributed by atoms with Crippen LogP contribution in [0.2, 0.25) is 0 Å². The zero-order valence-corrected chi connectivity index (χ0v) is 9.57. The Morgan fingerprint density at radius 3 is 3.00 bits per heavy atom. The maximum atomic E-state index is 8.97. The van der Waals surface area contributed by atoms with Crippen LogP contribution in [-0.2, 0) is 6.42 Å².